The Bertz CT molecular complexity index is 485. The van der Waals surface area contributed by atoms with Gasteiger partial charge in [0.15, 0.2) is 5.75 Å². The smallest absolute Gasteiger partial charge is 0.220 e. The van der Waals surface area contributed by atoms with Gasteiger partial charge in [-0.25, -0.2) is 0 Å². The van der Waals surface area contributed by atoms with Gasteiger partial charge >= 0.3 is 0 Å². The molecule has 0 amide bonds. The average molecular weight is 176 g/mol. The number of fused-ring (bicyclic) bond motifs is 1. The Morgan fingerprint density at radius 2 is 2.15 bits per heavy atom. The lowest BCUT2D eigenvalue weighted by molar-refractivity contribution is 0.412. The van der Waals surface area contributed by atoms with Crippen molar-refractivity contribution in [2.75, 3.05) is 7.11 Å². The Balaban J connectivity index is 2.87. The minimum absolute atomic E-state index is 0.145. The zero-order chi connectivity index (χ0) is 9.26. The lowest BCUT2D eigenvalue weighted by Gasteiger charge is -1.90. The molecule has 2 rings (SSSR count). The van der Waals surface area contributed by atoms with E-state index in [0.29, 0.717) is 11.3 Å². The van der Waals surface area contributed by atoms with Crippen molar-refractivity contribution in [3.05, 3.63) is 40.8 Å². The number of rotatable bonds is 1. The molecule has 3 heteroatoms. The second-order valence-electron chi connectivity index (χ2n) is 2.65. The van der Waals surface area contributed by atoms with Gasteiger partial charge in [-0.1, -0.05) is 0 Å². The maximum atomic E-state index is 11.3. The van der Waals surface area contributed by atoms with Gasteiger partial charge in [-0.3, -0.25) is 4.79 Å². The Morgan fingerprint density at radius 3 is 2.92 bits per heavy atom. The van der Waals surface area contributed by atoms with Crippen LogP contribution in [0.15, 0.2) is 39.7 Å². The molecule has 0 unspecified atom stereocenters. The van der Waals surface area contributed by atoms with Crippen LogP contribution < -0.4 is 10.2 Å². The summed E-state index contributed by atoms with van der Waals surface area (Å²) in [5.41, 5.74) is 0.536. The summed E-state index contributed by atoms with van der Waals surface area (Å²) in [6.07, 6.45) is 1.58. The van der Waals surface area contributed by atoms with Gasteiger partial charge < -0.3 is 9.15 Å². The first kappa shape index (κ1) is 7.86. The molecule has 2 aromatic rings. The van der Waals surface area contributed by atoms with Crippen LogP contribution in [0, 0.1) is 0 Å². The van der Waals surface area contributed by atoms with E-state index in [9.17, 15) is 4.79 Å². The lowest BCUT2D eigenvalue weighted by Crippen LogP contribution is -1.99. The van der Waals surface area contributed by atoms with E-state index in [1.807, 2.05) is 0 Å². The molecule has 0 saturated heterocycles. The molecule has 0 saturated carbocycles. The van der Waals surface area contributed by atoms with Crippen molar-refractivity contribution in [2.45, 2.75) is 0 Å². The highest BCUT2D eigenvalue weighted by Gasteiger charge is 1.99. The van der Waals surface area contributed by atoms with Crippen LogP contribution in [0.25, 0.3) is 11.0 Å². The Hall–Kier alpha value is -1.77. The highest BCUT2D eigenvalue weighted by Crippen LogP contribution is 2.15. The van der Waals surface area contributed by atoms with E-state index in [0.717, 1.165) is 5.39 Å². The van der Waals surface area contributed by atoms with Crippen molar-refractivity contribution in [1.82, 2.24) is 0 Å². The van der Waals surface area contributed by atoms with Crippen LogP contribution in [-0.2, 0) is 0 Å². The minimum atomic E-state index is -0.145. The summed E-state index contributed by atoms with van der Waals surface area (Å²) < 4.78 is 10.1. The molecule has 1 heterocycles. The van der Waals surface area contributed by atoms with Crippen molar-refractivity contribution >= 4 is 11.0 Å². The zero-order valence-electron chi connectivity index (χ0n) is 7.11. The summed E-state index contributed by atoms with van der Waals surface area (Å²) in [6.45, 7) is 0. The zero-order valence-corrected chi connectivity index (χ0v) is 7.11. The second kappa shape index (κ2) is 2.94. The third-order valence-electron chi connectivity index (χ3n) is 1.86. The fourth-order valence-corrected chi connectivity index (χ4v) is 1.19. The van der Waals surface area contributed by atoms with Crippen LogP contribution in [0.1, 0.15) is 0 Å². The molecule has 0 aliphatic carbocycles. The van der Waals surface area contributed by atoms with Gasteiger partial charge in [-0.2, -0.15) is 0 Å². The van der Waals surface area contributed by atoms with E-state index < -0.39 is 0 Å². The first-order valence-corrected chi connectivity index (χ1v) is 3.87. The van der Waals surface area contributed by atoms with Crippen LogP contribution in [-0.4, -0.2) is 7.11 Å². The first-order valence-electron chi connectivity index (χ1n) is 3.87. The summed E-state index contributed by atoms with van der Waals surface area (Å²) >= 11 is 0. The van der Waals surface area contributed by atoms with Crippen LogP contribution in [0.3, 0.4) is 0 Å². The Labute approximate surface area is 74.6 Å². The van der Waals surface area contributed by atoms with Gasteiger partial charge in [0.25, 0.3) is 0 Å². The van der Waals surface area contributed by atoms with Crippen molar-refractivity contribution in [1.29, 1.82) is 0 Å². The number of ether oxygens (including phenoxy) is 1. The quantitative estimate of drug-likeness (QED) is 0.665. The second-order valence-corrected chi connectivity index (χ2v) is 2.65. The standard InChI is InChI=1S/C10H8O3/c1-12-10-6-7-4-5-13-9(7)3-2-8(10)11/h2-6H,1H3. The molecule has 0 bridgehead atoms. The van der Waals surface area contributed by atoms with Crippen molar-refractivity contribution in [3.63, 3.8) is 0 Å². The van der Waals surface area contributed by atoms with Crippen LogP contribution in [0.2, 0.25) is 0 Å². The van der Waals surface area contributed by atoms with Gasteiger partial charge in [0.05, 0.1) is 13.4 Å². The Kier molecular flexibility index (Phi) is 1.77. The average Bonchev–Trinajstić information content (AvgIpc) is 2.52. The van der Waals surface area contributed by atoms with E-state index in [1.165, 1.54) is 13.2 Å². The fraction of sp³-hybridized carbons (Fsp3) is 0.100. The van der Waals surface area contributed by atoms with Crippen molar-refractivity contribution in [3.8, 4) is 5.75 Å². The molecule has 0 N–H and O–H groups in total. The largest absolute Gasteiger partial charge is 0.493 e. The molecule has 0 atom stereocenters. The molecular weight excluding hydrogens is 168 g/mol. The molecule has 3 nitrogen and oxygen atoms in total. The molecule has 1 aromatic heterocycles. The number of methoxy groups -OCH3 is 1. The van der Waals surface area contributed by atoms with Crippen molar-refractivity contribution in [2.24, 2.45) is 0 Å². The van der Waals surface area contributed by atoms with E-state index >= 15 is 0 Å². The highest BCUT2D eigenvalue weighted by atomic mass is 16.5. The Morgan fingerprint density at radius 1 is 1.31 bits per heavy atom. The highest BCUT2D eigenvalue weighted by molar-refractivity contribution is 5.77. The van der Waals surface area contributed by atoms with Gasteiger partial charge in [-0.15, -0.1) is 0 Å². The van der Waals surface area contributed by atoms with E-state index in [2.05, 4.69) is 0 Å². The number of hydrogen-bond acceptors (Lipinski definition) is 3. The lowest BCUT2D eigenvalue weighted by atomic mass is 10.3. The SMILES string of the molecule is COc1cc2ccoc2ccc1=O. The van der Waals surface area contributed by atoms with Crippen LogP contribution in [0.5, 0.6) is 5.75 Å². The first-order chi connectivity index (χ1) is 6.31. The molecular formula is C10H8O3. The van der Waals surface area contributed by atoms with Crippen molar-refractivity contribution < 1.29 is 9.15 Å². The molecule has 13 heavy (non-hydrogen) atoms. The molecule has 1 aromatic carbocycles. The van der Waals surface area contributed by atoms with Gasteiger partial charge in [0, 0.05) is 5.39 Å². The summed E-state index contributed by atoms with van der Waals surface area (Å²) in [5, 5.41) is 0.860. The van der Waals surface area contributed by atoms with Crippen LogP contribution in [0.4, 0.5) is 0 Å². The molecule has 0 fully saturated rings. The van der Waals surface area contributed by atoms with Gasteiger partial charge in [0.2, 0.25) is 5.43 Å². The predicted octanol–water partition coefficient (Wildman–Crippen LogP) is 1.80. The van der Waals surface area contributed by atoms with Gasteiger partial charge in [-0.05, 0) is 24.3 Å². The molecule has 0 aliphatic rings. The summed E-state index contributed by atoms with van der Waals surface area (Å²) in [7, 11) is 1.47. The maximum absolute atomic E-state index is 11.3. The molecule has 0 aliphatic heterocycles. The normalized spacial score (nSPS) is 10.2. The monoisotopic (exact) mass is 176 g/mol. The third kappa shape index (κ3) is 1.28. The molecule has 66 valence electrons. The van der Waals surface area contributed by atoms with E-state index in [-0.39, 0.29) is 5.43 Å². The summed E-state index contributed by atoms with van der Waals surface area (Å²) in [4.78, 5) is 11.3. The minimum Gasteiger partial charge on any atom is -0.493 e. The topological polar surface area (TPSA) is 39.4 Å². The predicted molar refractivity (Wildman–Crippen MR) is 49.0 cm³/mol. The van der Waals surface area contributed by atoms with Crippen LogP contribution >= 0.6 is 0 Å². The van der Waals surface area contributed by atoms with E-state index in [4.69, 9.17) is 9.15 Å². The number of hydrogen-bond donors (Lipinski definition) is 0. The fourth-order valence-electron chi connectivity index (χ4n) is 1.19. The van der Waals surface area contributed by atoms with Gasteiger partial charge in [0.1, 0.15) is 5.58 Å². The number of furan rings is 1. The third-order valence-corrected chi connectivity index (χ3v) is 1.86. The van der Waals surface area contributed by atoms with E-state index in [1.54, 1.807) is 24.5 Å². The summed E-state index contributed by atoms with van der Waals surface area (Å²) in [6, 6.07) is 6.53. The maximum Gasteiger partial charge on any atom is 0.220 e. The molecule has 0 radical (unpaired) electrons. The molecule has 0 spiro atoms. The summed E-state index contributed by atoms with van der Waals surface area (Å²) in [5.74, 6) is 0.330.